The smallest absolute Gasteiger partial charge is 0.399 e. The van der Waals surface area contributed by atoms with E-state index in [4.69, 9.17) is 31.0 Å². The molecule has 11 heteroatoms. The third kappa shape index (κ3) is 7.89. The summed E-state index contributed by atoms with van der Waals surface area (Å²) in [5.41, 5.74) is 2.90. The Balaban J connectivity index is 0. The maximum atomic E-state index is 9.17. The molecule has 0 rings (SSSR count). The highest BCUT2D eigenvalue weighted by molar-refractivity contribution is 6.82. The van der Waals surface area contributed by atoms with Crippen molar-refractivity contribution in [3.63, 3.8) is 0 Å². The molecular formula is C11H28O8Si3. The fraction of sp³-hybridized carbons (Fsp3) is 0.636. The molecule has 132 valence electrons. The van der Waals surface area contributed by atoms with E-state index in [0.29, 0.717) is 0 Å². The molecule has 0 saturated heterocycles. The molecule has 0 aromatic heterocycles. The Labute approximate surface area is 136 Å². The third-order valence-electron chi connectivity index (χ3n) is 2.35. The summed E-state index contributed by atoms with van der Waals surface area (Å²) in [6.07, 6.45) is -0.214. The molecule has 2 unspecified atom stereocenters. The van der Waals surface area contributed by atoms with Crippen molar-refractivity contribution in [1.29, 1.82) is 0 Å². The second kappa shape index (κ2) is 13.3. The SMILES string of the molecule is C=C[Si](OC)(OC)O[Si](C=C)(OC)O[SiH](CO)OC.COC. The number of hydrogen-bond donors (Lipinski definition) is 1. The number of aliphatic hydroxyl groups is 1. The van der Waals surface area contributed by atoms with Crippen molar-refractivity contribution in [2.75, 3.05) is 48.9 Å². The van der Waals surface area contributed by atoms with E-state index in [9.17, 15) is 0 Å². The quantitative estimate of drug-likeness (QED) is 0.505. The predicted molar refractivity (Wildman–Crippen MR) is 89.3 cm³/mol. The van der Waals surface area contributed by atoms with Gasteiger partial charge in [0.15, 0.2) is 0 Å². The van der Waals surface area contributed by atoms with Crippen LogP contribution in [0.4, 0.5) is 0 Å². The highest BCUT2D eigenvalue weighted by Crippen LogP contribution is 2.20. The predicted octanol–water partition coefficient (Wildman–Crippen LogP) is -0.0520. The van der Waals surface area contributed by atoms with Crippen molar-refractivity contribution in [3.8, 4) is 0 Å². The molecule has 22 heavy (non-hydrogen) atoms. The van der Waals surface area contributed by atoms with E-state index in [1.54, 1.807) is 14.2 Å². The van der Waals surface area contributed by atoms with Crippen LogP contribution >= 0.6 is 0 Å². The van der Waals surface area contributed by atoms with E-state index in [2.05, 4.69) is 17.9 Å². The van der Waals surface area contributed by atoms with Gasteiger partial charge in [-0.05, 0) is 11.4 Å². The molecule has 0 aliphatic carbocycles. The molecule has 0 bridgehead atoms. The molecule has 1 N–H and O–H groups in total. The summed E-state index contributed by atoms with van der Waals surface area (Å²) < 4.78 is 36.6. The Kier molecular flexibility index (Phi) is 14.5. The third-order valence-corrected chi connectivity index (χ3v) is 10.5. The number of methoxy groups -OCH3 is 1. The van der Waals surface area contributed by atoms with E-state index in [0.717, 1.165) is 0 Å². The maximum Gasteiger partial charge on any atom is 0.521 e. The molecule has 0 aliphatic rings. The first-order chi connectivity index (χ1) is 10.4. The van der Waals surface area contributed by atoms with E-state index >= 15 is 0 Å². The minimum absolute atomic E-state index is 0.214. The molecule has 0 radical (unpaired) electrons. The first-order valence-corrected chi connectivity index (χ1v) is 11.6. The number of aliphatic hydroxyl groups excluding tert-OH is 1. The lowest BCUT2D eigenvalue weighted by molar-refractivity contribution is 0.113. The second-order valence-electron chi connectivity index (χ2n) is 3.70. The zero-order valence-electron chi connectivity index (χ0n) is 14.2. The van der Waals surface area contributed by atoms with Crippen LogP contribution in [0.25, 0.3) is 0 Å². The zero-order valence-corrected chi connectivity index (χ0v) is 17.3. The summed E-state index contributed by atoms with van der Waals surface area (Å²) in [5.74, 6) is 0. The Morgan fingerprint density at radius 1 is 0.909 bits per heavy atom. The molecular weight excluding hydrogens is 344 g/mol. The maximum absolute atomic E-state index is 9.17. The Bertz CT molecular complexity index is 299. The van der Waals surface area contributed by atoms with Crippen molar-refractivity contribution in [1.82, 2.24) is 0 Å². The first kappa shape index (κ1) is 24.1. The fourth-order valence-electron chi connectivity index (χ4n) is 1.20. The minimum atomic E-state index is -3.27. The molecule has 0 spiro atoms. The average Bonchev–Trinajstić information content (AvgIpc) is 2.57. The lowest BCUT2D eigenvalue weighted by Gasteiger charge is -2.34. The fourth-order valence-corrected chi connectivity index (χ4v) is 8.82. The van der Waals surface area contributed by atoms with Gasteiger partial charge >= 0.3 is 26.9 Å². The Hall–Kier alpha value is -0.189. The van der Waals surface area contributed by atoms with E-state index in [-0.39, 0.29) is 6.23 Å². The van der Waals surface area contributed by atoms with Crippen molar-refractivity contribution in [2.24, 2.45) is 0 Å². The first-order valence-electron chi connectivity index (χ1n) is 6.26. The number of hydrogen-bond acceptors (Lipinski definition) is 8. The summed E-state index contributed by atoms with van der Waals surface area (Å²) in [6, 6.07) is 0. The molecule has 2 atom stereocenters. The van der Waals surface area contributed by atoms with E-state index in [1.807, 2.05) is 0 Å². The van der Waals surface area contributed by atoms with Crippen molar-refractivity contribution >= 4 is 26.9 Å². The molecule has 8 nitrogen and oxygen atoms in total. The van der Waals surface area contributed by atoms with E-state index < -0.39 is 26.9 Å². The van der Waals surface area contributed by atoms with Crippen LogP contribution in [0.1, 0.15) is 0 Å². The van der Waals surface area contributed by atoms with Gasteiger partial charge in [-0.1, -0.05) is 13.2 Å². The lowest BCUT2D eigenvalue weighted by atomic mass is 11.3. The van der Waals surface area contributed by atoms with Crippen LogP contribution in [-0.2, 0) is 30.7 Å². The second-order valence-corrected chi connectivity index (χ2v) is 11.6. The molecule has 0 heterocycles. The monoisotopic (exact) mass is 372 g/mol. The highest BCUT2D eigenvalue weighted by atomic mass is 28.5. The van der Waals surface area contributed by atoms with Gasteiger partial charge < -0.3 is 35.8 Å². The minimum Gasteiger partial charge on any atom is -0.399 e. The molecule has 0 aromatic carbocycles. The standard InChI is InChI=1S/C9H22O7Si3.C2H6O/c1-7-18(12-4,13-5)16-19(8-2,14-6)15-17(9-10)11-3;1-3-2/h7-8,10,17H,1-2,9H2,3-6H3;1-2H3. The van der Waals surface area contributed by atoms with Crippen molar-refractivity contribution in [3.05, 3.63) is 24.6 Å². The lowest BCUT2D eigenvalue weighted by Crippen LogP contribution is -2.58. The topological polar surface area (TPSA) is 84.8 Å². The van der Waals surface area contributed by atoms with Crippen LogP contribution in [0.3, 0.4) is 0 Å². The van der Waals surface area contributed by atoms with Crippen LogP contribution < -0.4 is 0 Å². The normalized spacial score (nSPS) is 15.2. The van der Waals surface area contributed by atoms with Gasteiger partial charge in [0.1, 0.15) is 0 Å². The largest absolute Gasteiger partial charge is 0.521 e. The van der Waals surface area contributed by atoms with Gasteiger partial charge in [-0.2, -0.15) is 0 Å². The van der Waals surface area contributed by atoms with Crippen LogP contribution in [0.2, 0.25) is 0 Å². The van der Waals surface area contributed by atoms with Crippen LogP contribution in [0, 0.1) is 0 Å². The summed E-state index contributed by atoms with van der Waals surface area (Å²) >= 11 is 0. The van der Waals surface area contributed by atoms with Crippen LogP contribution in [0.5, 0.6) is 0 Å². The van der Waals surface area contributed by atoms with Crippen LogP contribution in [-0.4, -0.2) is 80.9 Å². The summed E-state index contributed by atoms with van der Waals surface area (Å²) in [6.45, 7) is 7.30. The molecule has 0 amide bonds. The van der Waals surface area contributed by atoms with E-state index in [1.165, 1.54) is 39.8 Å². The van der Waals surface area contributed by atoms with Gasteiger partial charge in [0.2, 0.25) is 0 Å². The highest BCUT2D eigenvalue weighted by Gasteiger charge is 2.50. The molecule has 0 fully saturated rings. The summed E-state index contributed by atoms with van der Waals surface area (Å²) in [7, 11) is 0.371. The van der Waals surface area contributed by atoms with Gasteiger partial charge in [-0.25, -0.2) is 0 Å². The van der Waals surface area contributed by atoms with Gasteiger partial charge in [0.05, 0.1) is 6.23 Å². The molecule has 0 saturated carbocycles. The van der Waals surface area contributed by atoms with Crippen molar-refractivity contribution < 1.29 is 35.8 Å². The molecule has 0 aromatic rings. The Morgan fingerprint density at radius 2 is 1.32 bits per heavy atom. The van der Waals surface area contributed by atoms with Crippen LogP contribution in [0.15, 0.2) is 24.6 Å². The molecule has 0 aliphatic heterocycles. The summed E-state index contributed by atoms with van der Waals surface area (Å²) in [5, 5.41) is 9.17. The number of ether oxygens (including phenoxy) is 1. The Morgan fingerprint density at radius 3 is 1.55 bits per heavy atom. The van der Waals surface area contributed by atoms with Gasteiger partial charge in [-0.3, -0.25) is 0 Å². The van der Waals surface area contributed by atoms with Gasteiger partial charge in [-0.15, -0.1) is 0 Å². The zero-order chi connectivity index (χ0) is 17.6. The van der Waals surface area contributed by atoms with Crippen molar-refractivity contribution in [2.45, 2.75) is 0 Å². The van der Waals surface area contributed by atoms with Gasteiger partial charge in [0, 0.05) is 42.7 Å². The number of rotatable bonds is 11. The van der Waals surface area contributed by atoms with Gasteiger partial charge in [0.25, 0.3) is 0 Å². The average molecular weight is 373 g/mol. The summed E-state index contributed by atoms with van der Waals surface area (Å²) in [4.78, 5) is 0.